The number of benzene rings is 2. The van der Waals surface area contributed by atoms with E-state index in [1.165, 1.54) is 18.3 Å². The molecule has 138 valence electrons. The average Bonchev–Trinajstić information content (AvgIpc) is 2.61. The van der Waals surface area contributed by atoms with Crippen LogP contribution in [-0.2, 0) is 6.18 Å². The molecule has 27 heavy (non-hydrogen) atoms. The second kappa shape index (κ2) is 7.19. The first-order valence-electron chi connectivity index (χ1n) is 8.13. The van der Waals surface area contributed by atoms with E-state index in [1.807, 2.05) is 25.1 Å². The van der Waals surface area contributed by atoms with Crippen molar-refractivity contribution in [1.29, 1.82) is 0 Å². The maximum atomic E-state index is 12.7. The molecule has 1 amide bonds. The lowest BCUT2D eigenvalue weighted by atomic mass is 10.1. The van der Waals surface area contributed by atoms with E-state index in [1.54, 1.807) is 13.0 Å². The topological polar surface area (TPSA) is 54.9 Å². The lowest BCUT2D eigenvalue weighted by Gasteiger charge is -2.10. The molecule has 0 bridgehead atoms. The van der Waals surface area contributed by atoms with Gasteiger partial charge in [-0.05, 0) is 43.7 Å². The highest BCUT2D eigenvalue weighted by atomic mass is 19.4. The zero-order valence-electron chi connectivity index (χ0n) is 14.6. The van der Waals surface area contributed by atoms with Crippen molar-refractivity contribution in [2.45, 2.75) is 20.0 Å². The third-order valence-electron chi connectivity index (χ3n) is 3.97. The summed E-state index contributed by atoms with van der Waals surface area (Å²) in [4.78, 5) is 20.8. The Morgan fingerprint density at radius 3 is 2.33 bits per heavy atom. The number of carbonyl (C=O) groups is 1. The van der Waals surface area contributed by atoms with Crippen molar-refractivity contribution in [3.05, 3.63) is 77.1 Å². The largest absolute Gasteiger partial charge is 0.416 e. The van der Waals surface area contributed by atoms with Gasteiger partial charge in [0.15, 0.2) is 5.82 Å². The predicted octanol–water partition coefficient (Wildman–Crippen LogP) is 5.03. The number of alkyl halides is 3. The van der Waals surface area contributed by atoms with Gasteiger partial charge in [-0.1, -0.05) is 24.3 Å². The molecular weight excluding hydrogens is 355 g/mol. The van der Waals surface area contributed by atoms with Crippen molar-refractivity contribution in [2.24, 2.45) is 0 Å². The number of amides is 1. The van der Waals surface area contributed by atoms with Crippen molar-refractivity contribution in [3.63, 3.8) is 0 Å². The summed E-state index contributed by atoms with van der Waals surface area (Å²) in [5.41, 5.74) is 2.11. The van der Waals surface area contributed by atoms with Crippen LogP contribution in [-0.4, -0.2) is 15.9 Å². The number of carbonyl (C=O) groups excluding carboxylic acids is 1. The Bertz CT molecular complexity index is 983. The van der Waals surface area contributed by atoms with Gasteiger partial charge in [0, 0.05) is 17.4 Å². The molecule has 0 radical (unpaired) electrons. The van der Waals surface area contributed by atoms with Gasteiger partial charge in [0.2, 0.25) is 0 Å². The Hall–Kier alpha value is -3.22. The molecule has 0 aliphatic heterocycles. The van der Waals surface area contributed by atoms with Gasteiger partial charge in [0.1, 0.15) is 0 Å². The molecule has 2 aromatic carbocycles. The average molecular weight is 371 g/mol. The Morgan fingerprint density at radius 1 is 1.04 bits per heavy atom. The molecule has 1 N–H and O–H groups in total. The molecule has 4 nitrogen and oxygen atoms in total. The van der Waals surface area contributed by atoms with Gasteiger partial charge < -0.3 is 5.32 Å². The fraction of sp³-hybridized carbons (Fsp3) is 0.150. The van der Waals surface area contributed by atoms with Crippen LogP contribution in [0.1, 0.15) is 27.2 Å². The zero-order valence-corrected chi connectivity index (χ0v) is 14.6. The van der Waals surface area contributed by atoms with Crippen LogP contribution in [0.3, 0.4) is 0 Å². The van der Waals surface area contributed by atoms with E-state index in [4.69, 9.17) is 0 Å². The van der Waals surface area contributed by atoms with E-state index in [0.717, 1.165) is 17.7 Å². The molecule has 3 rings (SSSR count). The minimum atomic E-state index is -4.40. The summed E-state index contributed by atoms with van der Waals surface area (Å²) in [5.74, 6) is -0.0922. The Labute approximate surface area is 154 Å². The number of aromatic nitrogens is 2. The third kappa shape index (κ3) is 4.31. The van der Waals surface area contributed by atoms with Gasteiger partial charge in [0.05, 0.1) is 16.8 Å². The molecule has 3 aromatic rings. The van der Waals surface area contributed by atoms with Crippen molar-refractivity contribution >= 4 is 11.6 Å². The number of hydrogen-bond donors (Lipinski definition) is 1. The second-order valence-electron chi connectivity index (χ2n) is 6.09. The van der Waals surface area contributed by atoms with E-state index in [9.17, 15) is 18.0 Å². The van der Waals surface area contributed by atoms with Gasteiger partial charge in [-0.2, -0.15) is 13.2 Å². The van der Waals surface area contributed by atoms with Crippen LogP contribution in [0.5, 0.6) is 0 Å². The number of rotatable bonds is 3. The maximum Gasteiger partial charge on any atom is 0.416 e. The summed E-state index contributed by atoms with van der Waals surface area (Å²) in [6.45, 7) is 3.57. The van der Waals surface area contributed by atoms with E-state index in [2.05, 4.69) is 15.3 Å². The van der Waals surface area contributed by atoms with E-state index in [0.29, 0.717) is 22.5 Å². The van der Waals surface area contributed by atoms with Gasteiger partial charge in [-0.25, -0.2) is 9.97 Å². The number of nitrogens with one attached hydrogen (secondary N) is 1. The summed E-state index contributed by atoms with van der Waals surface area (Å²) >= 11 is 0. The fourth-order valence-electron chi connectivity index (χ4n) is 2.56. The van der Waals surface area contributed by atoms with Gasteiger partial charge >= 0.3 is 6.18 Å². The van der Waals surface area contributed by atoms with Gasteiger partial charge in [-0.3, -0.25) is 4.79 Å². The SMILES string of the molecule is Cc1cccc(NC(=O)c2cnc(-c3ccc(C(F)(F)F)cc3)nc2C)c1. The number of hydrogen-bond acceptors (Lipinski definition) is 3. The smallest absolute Gasteiger partial charge is 0.322 e. The van der Waals surface area contributed by atoms with E-state index >= 15 is 0 Å². The summed E-state index contributed by atoms with van der Waals surface area (Å²) in [6, 6.07) is 11.9. The van der Waals surface area contributed by atoms with Crippen molar-refractivity contribution in [3.8, 4) is 11.4 Å². The molecule has 0 saturated carbocycles. The molecule has 0 aliphatic carbocycles. The highest BCUT2D eigenvalue weighted by Gasteiger charge is 2.30. The molecule has 0 atom stereocenters. The summed E-state index contributed by atoms with van der Waals surface area (Å²) in [7, 11) is 0. The number of nitrogens with zero attached hydrogens (tertiary/aromatic N) is 2. The van der Waals surface area contributed by atoms with Crippen molar-refractivity contribution < 1.29 is 18.0 Å². The highest BCUT2D eigenvalue weighted by molar-refractivity contribution is 6.04. The van der Waals surface area contributed by atoms with E-state index in [-0.39, 0.29) is 11.7 Å². The molecule has 0 saturated heterocycles. The fourth-order valence-corrected chi connectivity index (χ4v) is 2.56. The van der Waals surface area contributed by atoms with Crippen LogP contribution < -0.4 is 5.32 Å². The lowest BCUT2D eigenvalue weighted by molar-refractivity contribution is -0.137. The second-order valence-corrected chi connectivity index (χ2v) is 6.09. The first kappa shape index (κ1) is 18.6. The minimum absolute atomic E-state index is 0.258. The van der Waals surface area contributed by atoms with Crippen LogP contribution in [0.15, 0.2) is 54.7 Å². The molecule has 1 aromatic heterocycles. The van der Waals surface area contributed by atoms with Gasteiger partial charge in [0.25, 0.3) is 5.91 Å². The number of halogens is 3. The molecule has 0 fully saturated rings. The molecular formula is C20H16F3N3O. The molecule has 7 heteroatoms. The third-order valence-corrected chi connectivity index (χ3v) is 3.97. The molecule has 0 aliphatic rings. The van der Waals surface area contributed by atoms with Crippen LogP contribution >= 0.6 is 0 Å². The monoisotopic (exact) mass is 371 g/mol. The van der Waals surface area contributed by atoms with Crippen LogP contribution in [0.25, 0.3) is 11.4 Å². The molecule has 0 spiro atoms. The van der Waals surface area contributed by atoms with Crippen LogP contribution in [0.2, 0.25) is 0 Å². The van der Waals surface area contributed by atoms with Gasteiger partial charge in [-0.15, -0.1) is 0 Å². The van der Waals surface area contributed by atoms with Crippen molar-refractivity contribution in [1.82, 2.24) is 9.97 Å². The Morgan fingerprint density at radius 2 is 1.74 bits per heavy atom. The minimum Gasteiger partial charge on any atom is -0.322 e. The first-order valence-corrected chi connectivity index (χ1v) is 8.13. The highest BCUT2D eigenvalue weighted by Crippen LogP contribution is 2.30. The summed E-state index contributed by atoms with van der Waals surface area (Å²) in [5, 5.41) is 2.78. The van der Waals surface area contributed by atoms with Crippen LogP contribution in [0.4, 0.5) is 18.9 Å². The van der Waals surface area contributed by atoms with Crippen molar-refractivity contribution in [2.75, 3.05) is 5.32 Å². The summed E-state index contributed by atoms with van der Waals surface area (Å²) in [6.07, 6.45) is -3.02. The first-order chi connectivity index (χ1) is 12.7. The maximum absolute atomic E-state index is 12.7. The molecule has 0 unspecified atom stereocenters. The normalized spacial score (nSPS) is 11.3. The van der Waals surface area contributed by atoms with E-state index < -0.39 is 11.7 Å². The summed E-state index contributed by atoms with van der Waals surface area (Å²) < 4.78 is 38.0. The number of aryl methyl sites for hydroxylation is 2. The standard InChI is InChI=1S/C20H16F3N3O/c1-12-4-3-5-16(10-12)26-19(27)17-11-24-18(25-13(17)2)14-6-8-15(9-7-14)20(21,22)23/h3-11H,1-2H3,(H,26,27). The number of anilines is 1. The lowest BCUT2D eigenvalue weighted by Crippen LogP contribution is -2.15. The molecule has 1 heterocycles. The zero-order chi connectivity index (χ0) is 19.6. The quantitative estimate of drug-likeness (QED) is 0.702. The predicted molar refractivity (Wildman–Crippen MR) is 96.3 cm³/mol. The Balaban J connectivity index is 1.82. The Kier molecular flexibility index (Phi) is 4.94. The van der Waals surface area contributed by atoms with Crippen LogP contribution in [0, 0.1) is 13.8 Å².